The second kappa shape index (κ2) is 14.1. The molecule has 0 aliphatic carbocycles. The number of carbonyl (C=O) groups is 5. The molecule has 1 saturated heterocycles. The Bertz CT molecular complexity index is 1130. The number of nitrogens with one attached hydrogen (secondary N) is 1. The largest absolute Gasteiger partial charge is 0.479 e. The van der Waals surface area contributed by atoms with E-state index >= 15 is 0 Å². The van der Waals surface area contributed by atoms with Crippen LogP contribution in [0.3, 0.4) is 0 Å². The number of aliphatic carboxylic acids is 1. The number of esters is 2. The van der Waals surface area contributed by atoms with Crippen molar-refractivity contribution >= 4 is 29.7 Å². The predicted octanol–water partition coefficient (Wildman–Crippen LogP) is 1.53. The number of hydrogen-bond donors (Lipinski definition) is 4. The molecule has 0 spiro atoms. The van der Waals surface area contributed by atoms with Crippen LogP contribution in [-0.4, -0.2) is 81.6 Å². The fourth-order valence-electron chi connectivity index (χ4n) is 4.96. The van der Waals surface area contributed by atoms with Gasteiger partial charge in [-0.05, 0) is 79.3 Å². The van der Waals surface area contributed by atoms with Crippen LogP contribution in [0.5, 0.6) is 0 Å². The molecule has 0 aromatic heterocycles. The van der Waals surface area contributed by atoms with E-state index in [0.29, 0.717) is 19.3 Å². The van der Waals surface area contributed by atoms with Crippen LogP contribution in [0.1, 0.15) is 72.8 Å². The number of ether oxygens (including phenoxy) is 2. The average Bonchev–Trinajstić information content (AvgIpc) is 3.21. The first-order valence-electron chi connectivity index (χ1n) is 14.2. The lowest BCUT2D eigenvalue weighted by atomic mass is 9.81. The highest BCUT2D eigenvalue weighted by molar-refractivity contribution is 6.12. The Labute approximate surface area is 247 Å². The van der Waals surface area contributed by atoms with Gasteiger partial charge in [-0.1, -0.05) is 30.3 Å². The monoisotopic (exact) mass is 590 g/mol. The van der Waals surface area contributed by atoms with Gasteiger partial charge in [0.1, 0.15) is 17.1 Å². The van der Waals surface area contributed by atoms with E-state index in [-0.39, 0.29) is 19.4 Å². The maximum atomic E-state index is 13.8. The van der Waals surface area contributed by atoms with E-state index < -0.39 is 71.0 Å². The van der Waals surface area contributed by atoms with Gasteiger partial charge in [0.15, 0.2) is 0 Å². The second-order valence-electron chi connectivity index (χ2n) is 12.6. The fourth-order valence-corrected chi connectivity index (χ4v) is 4.96. The van der Waals surface area contributed by atoms with Crippen LogP contribution in [0.15, 0.2) is 30.3 Å². The zero-order valence-corrected chi connectivity index (χ0v) is 25.5. The normalized spacial score (nSPS) is 21.4. The summed E-state index contributed by atoms with van der Waals surface area (Å²) in [6, 6.07) is 7.06. The lowest BCUT2D eigenvalue weighted by molar-refractivity contribution is -0.190. The topological polar surface area (TPSA) is 191 Å². The number of carboxylic acids is 1. The molecule has 1 aromatic carbocycles. The number of aryl methyl sites for hydroxylation is 1. The van der Waals surface area contributed by atoms with E-state index in [2.05, 4.69) is 5.32 Å². The van der Waals surface area contributed by atoms with Gasteiger partial charge in [0, 0.05) is 13.0 Å². The highest BCUT2D eigenvalue weighted by atomic mass is 16.6. The summed E-state index contributed by atoms with van der Waals surface area (Å²) in [6.45, 7) is 9.10. The third kappa shape index (κ3) is 8.75. The zero-order chi connectivity index (χ0) is 31.9. The number of nitrogens with two attached hydrogens (primary N) is 2. The smallest absolute Gasteiger partial charge is 0.345 e. The van der Waals surface area contributed by atoms with Crippen molar-refractivity contribution in [3.63, 3.8) is 0 Å². The maximum Gasteiger partial charge on any atom is 0.345 e. The van der Waals surface area contributed by atoms with Crippen molar-refractivity contribution in [1.29, 1.82) is 0 Å². The molecule has 0 radical (unpaired) electrons. The van der Waals surface area contributed by atoms with Crippen molar-refractivity contribution in [3.05, 3.63) is 35.9 Å². The minimum absolute atomic E-state index is 0.0584. The van der Waals surface area contributed by atoms with E-state index in [1.165, 1.54) is 20.8 Å². The molecule has 1 fully saturated rings. The summed E-state index contributed by atoms with van der Waals surface area (Å²) >= 11 is 0. The third-order valence-electron chi connectivity index (χ3n) is 6.72. The lowest BCUT2D eigenvalue weighted by Gasteiger charge is -2.38. The molecule has 0 bridgehead atoms. The molecular weight excluding hydrogens is 544 g/mol. The first-order valence-corrected chi connectivity index (χ1v) is 14.2. The van der Waals surface area contributed by atoms with Crippen LogP contribution in [0, 0.1) is 5.92 Å². The van der Waals surface area contributed by atoms with Crippen molar-refractivity contribution in [2.45, 2.75) is 102 Å². The molecule has 1 heterocycles. The van der Waals surface area contributed by atoms with Crippen molar-refractivity contribution < 1.29 is 38.6 Å². The number of carboxylic acid groups (broad SMARTS) is 1. The molecule has 6 N–H and O–H groups in total. The van der Waals surface area contributed by atoms with E-state index in [1.807, 2.05) is 30.3 Å². The molecular formula is C30H46N4O8. The molecule has 2 rings (SSSR count). The molecule has 2 amide bonds. The predicted molar refractivity (Wildman–Crippen MR) is 155 cm³/mol. The highest BCUT2D eigenvalue weighted by Gasteiger charge is 2.71. The summed E-state index contributed by atoms with van der Waals surface area (Å²) in [6.07, 6.45) is 1.63. The second-order valence-corrected chi connectivity index (χ2v) is 12.6. The Hall–Kier alpha value is -3.51. The minimum Gasteiger partial charge on any atom is -0.479 e. The number of benzene rings is 1. The first-order chi connectivity index (χ1) is 19.4. The summed E-state index contributed by atoms with van der Waals surface area (Å²) in [5.74, 6) is -7.39. The van der Waals surface area contributed by atoms with Gasteiger partial charge in [0.25, 0.3) is 5.54 Å². The zero-order valence-electron chi connectivity index (χ0n) is 25.5. The summed E-state index contributed by atoms with van der Waals surface area (Å²) in [4.78, 5) is 68.3. The van der Waals surface area contributed by atoms with Crippen LogP contribution < -0.4 is 16.8 Å². The molecule has 1 aliphatic rings. The Morgan fingerprint density at radius 2 is 1.62 bits per heavy atom. The number of amides is 2. The van der Waals surface area contributed by atoms with Gasteiger partial charge < -0.3 is 36.3 Å². The average molecular weight is 591 g/mol. The van der Waals surface area contributed by atoms with Crippen molar-refractivity contribution in [1.82, 2.24) is 10.2 Å². The van der Waals surface area contributed by atoms with E-state index in [9.17, 15) is 29.1 Å². The van der Waals surface area contributed by atoms with Crippen LogP contribution >= 0.6 is 0 Å². The molecule has 0 unspecified atom stereocenters. The van der Waals surface area contributed by atoms with Gasteiger partial charge in [0.05, 0.1) is 12.1 Å². The summed E-state index contributed by atoms with van der Waals surface area (Å²) in [5.41, 5.74) is 7.63. The standard InChI is InChI=1S/C30H46N4O8/c1-28(2,3)41-25(37)23-21(33-22(35)16-10-14-19-12-8-7-9-13-19)18-34(24(36)20(32)15-11-17-31)30(23,26(38)39)27(40)42-29(4,5)6/h7-9,12-13,20-21,23H,10-11,14-18,31-32H2,1-6H3,(H,33,35)(H,38,39)/t20-,21-,23-,30-/m0/s1. The van der Waals surface area contributed by atoms with Crippen LogP contribution in [0.4, 0.5) is 0 Å². The van der Waals surface area contributed by atoms with Crippen molar-refractivity contribution in [2.24, 2.45) is 17.4 Å². The summed E-state index contributed by atoms with van der Waals surface area (Å²) < 4.78 is 11.1. The molecule has 12 heteroatoms. The Balaban J connectivity index is 2.56. The molecule has 1 aliphatic heterocycles. The molecule has 0 saturated carbocycles. The van der Waals surface area contributed by atoms with Gasteiger partial charge in [-0.25, -0.2) is 9.59 Å². The molecule has 12 nitrogen and oxygen atoms in total. The molecule has 234 valence electrons. The summed E-state index contributed by atoms with van der Waals surface area (Å²) in [5, 5.41) is 13.4. The first kappa shape index (κ1) is 34.7. The van der Waals surface area contributed by atoms with Crippen LogP contribution in [0.25, 0.3) is 0 Å². The van der Waals surface area contributed by atoms with E-state index in [4.69, 9.17) is 20.9 Å². The third-order valence-corrected chi connectivity index (χ3v) is 6.72. The van der Waals surface area contributed by atoms with Gasteiger partial charge in [-0.2, -0.15) is 0 Å². The Morgan fingerprint density at radius 1 is 1.02 bits per heavy atom. The van der Waals surface area contributed by atoms with Gasteiger partial charge in [0.2, 0.25) is 11.8 Å². The maximum absolute atomic E-state index is 13.8. The molecule has 42 heavy (non-hydrogen) atoms. The number of rotatable bonds is 12. The van der Waals surface area contributed by atoms with Gasteiger partial charge in [-0.15, -0.1) is 0 Å². The number of hydrogen-bond acceptors (Lipinski definition) is 9. The Kier molecular flexibility index (Phi) is 11.7. The van der Waals surface area contributed by atoms with Crippen LogP contribution in [-0.2, 0) is 39.9 Å². The van der Waals surface area contributed by atoms with Crippen LogP contribution in [0.2, 0.25) is 0 Å². The molecule has 1 aromatic rings. The highest BCUT2D eigenvalue weighted by Crippen LogP contribution is 2.40. The minimum atomic E-state index is -2.85. The SMILES string of the molecule is CC(C)(C)OC(=O)[C@@H]1[C@@H](NC(=O)CCCc2ccccc2)CN(C(=O)[C@@H](N)CCCN)[C@@]1(C(=O)O)C(=O)OC(C)(C)C. The Morgan fingerprint density at radius 3 is 2.14 bits per heavy atom. The van der Waals surface area contributed by atoms with Gasteiger partial charge >= 0.3 is 17.9 Å². The van der Waals surface area contributed by atoms with Crippen molar-refractivity contribution in [3.8, 4) is 0 Å². The van der Waals surface area contributed by atoms with E-state index in [0.717, 1.165) is 10.5 Å². The van der Waals surface area contributed by atoms with E-state index in [1.54, 1.807) is 20.8 Å². The van der Waals surface area contributed by atoms with Gasteiger partial charge in [-0.3, -0.25) is 14.4 Å². The number of carbonyl (C=O) groups excluding carboxylic acids is 4. The fraction of sp³-hybridized carbons (Fsp3) is 0.633. The van der Waals surface area contributed by atoms with Crippen molar-refractivity contribution in [2.75, 3.05) is 13.1 Å². The summed E-state index contributed by atoms with van der Waals surface area (Å²) in [7, 11) is 0. The number of likely N-dealkylation sites (tertiary alicyclic amines) is 1. The molecule has 4 atom stereocenters. The quantitative estimate of drug-likeness (QED) is 0.205. The number of nitrogens with zero attached hydrogens (tertiary/aromatic N) is 1. The lowest BCUT2D eigenvalue weighted by Crippen LogP contribution is -2.67.